The van der Waals surface area contributed by atoms with Crippen molar-refractivity contribution in [3.63, 3.8) is 0 Å². The molecule has 0 radical (unpaired) electrons. The first-order chi connectivity index (χ1) is 8.69. The van der Waals surface area contributed by atoms with Crippen molar-refractivity contribution in [1.82, 2.24) is 9.36 Å². The fourth-order valence-electron chi connectivity index (χ4n) is 1.22. The lowest BCUT2D eigenvalue weighted by Crippen LogP contribution is -1.95. The molecule has 0 aliphatic heterocycles. The summed E-state index contributed by atoms with van der Waals surface area (Å²) in [4.78, 5) is 4.43. The predicted molar refractivity (Wildman–Crippen MR) is 66.0 cm³/mol. The van der Waals surface area contributed by atoms with Crippen LogP contribution in [0.2, 0.25) is 0 Å². The van der Waals surface area contributed by atoms with Gasteiger partial charge in [0.2, 0.25) is 0 Å². The Hall–Kier alpha value is -1.05. The molecule has 0 aliphatic rings. The molecule has 2 rings (SSSR count). The van der Waals surface area contributed by atoms with E-state index in [2.05, 4.69) is 9.36 Å². The minimum absolute atomic E-state index is 0.212. The van der Waals surface area contributed by atoms with Crippen molar-refractivity contribution in [2.24, 2.45) is 0 Å². The minimum Gasteiger partial charge on any atom is -0.384 e. The van der Waals surface area contributed by atoms with Crippen LogP contribution in [-0.2, 0) is 11.2 Å². The van der Waals surface area contributed by atoms with E-state index in [1.807, 2.05) is 0 Å². The Morgan fingerprint density at radius 2 is 2.22 bits per heavy atom. The van der Waals surface area contributed by atoms with E-state index >= 15 is 0 Å². The van der Waals surface area contributed by atoms with Crippen LogP contribution in [0.3, 0.4) is 0 Å². The van der Waals surface area contributed by atoms with Gasteiger partial charge in [0.1, 0.15) is 17.5 Å². The molecule has 1 heterocycles. The summed E-state index contributed by atoms with van der Waals surface area (Å²) in [6.07, 6.45) is 0.610. The molecule has 96 valence electrons. The van der Waals surface area contributed by atoms with Crippen LogP contribution in [0.25, 0.3) is 0 Å². The third-order valence-electron chi connectivity index (χ3n) is 2.07. The van der Waals surface area contributed by atoms with Gasteiger partial charge in [-0.1, -0.05) is 11.8 Å². The van der Waals surface area contributed by atoms with Gasteiger partial charge in [0, 0.05) is 13.5 Å². The molecule has 0 saturated heterocycles. The van der Waals surface area contributed by atoms with E-state index in [9.17, 15) is 8.78 Å². The van der Waals surface area contributed by atoms with Gasteiger partial charge < -0.3 is 4.74 Å². The Bertz CT molecular complexity index is 534. The highest BCUT2D eigenvalue weighted by Crippen LogP contribution is 2.31. The fraction of sp³-hybridized carbons (Fsp3) is 0.273. The molecule has 1 aromatic carbocycles. The van der Waals surface area contributed by atoms with Gasteiger partial charge in [-0.15, -0.1) is 0 Å². The van der Waals surface area contributed by atoms with Crippen molar-refractivity contribution in [2.45, 2.75) is 15.7 Å². The van der Waals surface area contributed by atoms with Gasteiger partial charge in [0.25, 0.3) is 0 Å². The van der Waals surface area contributed by atoms with Crippen molar-refractivity contribution in [1.29, 1.82) is 0 Å². The highest BCUT2D eigenvalue weighted by molar-refractivity contribution is 8.01. The molecule has 0 aliphatic carbocycles. The van der Waals surface area contributed by atoms with Gasteiger partial charge in [-0.3, -0.25) is 0 Å². The topological polar surface area (TPSA) is 35.0 Å². The molecule has 18 heavy (non-hydrogen) atoms. The molecular formula is C11H10F2N2OS2. The summed E-state index contributed by atoms with van der Waals surface area (Å²) in [6, 6.07) is 3.34. The summed E-state index contributed by atoms with van der Waals surface area (Å²) >= 11 is 2.24. The number of ether oxygens (including phenoxy) is 1. The van der Waals surface area contributed by atoms with Gasteiger partial charge in [-0.05, 0) is 29.7 Å². The van der Waals surface area contributed by atoms with Crippen molar-refractivity contribution in [3.05, 3.63) is 35.7 Å². The number of methoxy groups -OCH3 is 1. The Labute approximate surface area is 111 Å². The summed E-state index contributed by atoms with van der Waals surface area (Å²) < 4.78 is 36.0. The zero-order valence-corrected chi connectivity index (χ0v) is 11.2. The largest absolute Gasteiger partial charge is 0.384 e. The second kappa shape index (κ2) is 6.21. The normalized spacial score (nSPS) is 10.8. The van der Waals surface area contributed by atoms with Crippen LogP contribution in [-0.4, -0.2) is 23.1 Å². The summed E-state index contributed by atoms with van der Waals surface area (Å²) in [6.45, 7) is 0.537. The van der Waals surface area contributed by atoms with Crippen LogP contribution in [0.5, 0.6) is 0 Å². The number of nitrogens with zero attached hydrogens (tertiary/aromatic N) is 2. The Morgan fingerprint density at radius 1 is 1.39 bits per heavy atom. The number of hydrogen-bond acceptors (Lipinski definition) is 5. The quantitative estimate of drug-likeness (QED) is 0.846. The van der Waals surface area contributed by atoms with Crippen LogP contribution < -0.4 is 0 Å². The second-order valence-corrected chi connectivity index (χ2v) is 5.44. The van der Waals surface area contributed by atoms with Crippen molar-refractivity contribution in [2.75, 3.05) is 13.7 Å². The van der Waals surface area contributed by atoms with Crippen LogP contribution >= 0.6 is 23.3 Å². The molecule has 7 heteroatoms. The van der Waals surface area contributed by atoms with Crippen LogP contribution in [0, 0.1) is 11.6 Å². The smallest absolute Gasteiger partial charge is 0.174 e. The van der Waals surface area contributed by atoms with Crippen LogP contribution in [0.4, 0.5) is 8.78 Å². The maximum absolute atomic E-state index is 13.4. The molecule has 0 N–H and O–H groups in total. The summed E-state index contributed by atoms with van der Waals surface area (Å²) in [5.74, 6) is -0.278. The molecule has 0 atom stereocenters. The predicted octanol–water partition coefficient (Wildman–Crippen LogP) is 3.16. The van der Waals surface area contributed by atoms with E-state index in [1.54, 1.807) is 7.11 Å². The molecule has 0 unspecified atom stereocenters. The summed E-state index contributed by atoms with van der Waals surface area (Å²) in [7, 11) is 1.60. The van der Waals surface area contributed by atoms with Crippen molar-refractivity contribution in [3.8, 4) is 0 Å². The third kappa shape index (κ3) is 3.47. The highest BCUT2D eigenvalue weighted by Gasteiger charge is 2.10. The molecular weight excluding hydrogens is 278 g/mol. The summed E-state index contributed by atoms with van der Waals surface area (Å²) in [5.41, 5.74) is 0. The summed E-state index contributed by atoms with van der Waals surface area (Å²) in [5, 5.41) is 0. The van der Waals surface area contributed by atoms with Gasteiger partial charge in [0.05, 0.1) is 11.5 Å². The van der Waals surface area contributed by atoms with Crippen LogP contribution in [0.15, 0.2) is 27.4 Å². The van der Waals surface area contributed by atoms with E-state index in [1.165, 1.54) is 11.5 Å². The Balaban J connectivity index is 2.08. The van der Waals surface area contributed by atoms with E-state index in [0.717, 1.165) is 30.0 Å². The lowest BCUT2D eigenvalue weighted by Gasteiger charge is -1.99. The molecule has 0 spiro atoms. The highest BCUT2D eigenvalue weighted by atomic mass is 32.2. The fourth-order valence-corrected chi connectivity index (χ4v) is 2.89. The van der Waals surface area contributed by atoms with Crippen molar-refractivity contribution < 1.29 is 13.5 Å². The zero-order chi connectivity index (χ0) is 13.0. The monoisotopic (exact) mass is 288 g/mol. The molecule has 0 fully saturated rings. The van der Waals surface area contributed by atoms with Gasteiger partial charge >= 0.3 is 0 Å². The van der Waals surface area contributed by atoms with E-state index in [-0.39, 0.29) is 4.90 Å². The number of aromatic nitrogens is 2. The number of rotatable bonds is 5. The standard InChI is InChI=1S/C11H10F2N2OS2/c1-16-5-4-10-14-11(18-15-10)17-9-6-7(12)2-3-8(9)13/h2-3,6H,4-5H2,1H3. The van der Waals surface area contributed by atoms with Gasteiger partial charge in [0.15, 0.2) is 4.34 Å². The van der Waals surface area contributed by atoms with Gasteiger partial charge in [-0.2, -0.15) is 4.37 Å². The van der Waals surface area contributed by atoms with Crippen molar-refractivity contribution >= 4 is 23.3 Å². The first-order valence-corrected chi connectivity index (χ1v) is 6.72. The molecule has 0 amide bonds. The molecule has 3 nitrogen and oxygen atoms in total. The second-order valence-electron chi connectivity index (χ2n) is 3.40. The van der Waals surface area contributed by atoms with Gasteiger partial charge in [-0.25, -0.2) is 13.8 Å². The average molecular weight is 288 g/mol. The number of benzene rings is 1. The lowest BCUT2D eigenvalue weighted by atomic mass is 10.3. The van der Waals surface area contributed by atoms with E-state index < -0.39 is 11.6 Å². The third-order valence-corrected chi connectivity index (χ3v) is 3.89. The maximum Gasteiger partial charge on any atom is 0.174 e. The average Bonchev–Trinajstić information content (AvgIpc) is 2.79. The molecule has 2 aromatic rings. The number of hydrogen-bond donors (Lipinski definition) is 0. The Kier molecular flexibility index (Phi) is 4.62. The molecule has 0 saturated carbocycles. The first kappa shape index (κ1) is 13.4. The first-order valence-electron chi connectivity index (χ1n) is 5.13. The zero-order valence-electron chi connectivity index (χ0n) is 9.52. The molecule has 0 bridgehead atoms. The SMILES string of the molecule is COCCc1nsc(Sc2cc(F)ccc2F)n1. The molecule has 1 aromatic heterocycles. The number of halogens is 2. The van der Waals surface area contributed by atoms with E-state index in [4.69, 9.17) is 4.74 Å². The van der Waals surface area contributed by atoms with Crippen LogP contribution in [0.1, 0.15) is 5.82 Å². The Morgan fingerprint density at radius 3 is 3.00 bits per heavy atom. The maximum atomic E-state index is 13.4. The lowest BCUT2D eigenvalue weighted by molar-refractivity contribution is 0.200. The minimum atomic E-state index is -0.469. The van der Waals surface area contributed by atoms with E-state index in [0.29, 0.717) is 23.2 Å².